The Morgan fingerprint density at radius 3 is 2.40 bits per heavy atom. The van der Waals surface area contributed by atoms with Crippen LogP contribution in [0.5, 0.6) is 0 Å². The third-order valence-electron chi connectivity index (χ3n) is 5.49. The van der Waals surface area contributed by atoms with E-state index in [1.54, 1.807) is 10.7 Å². The third-order valence-corrected chi connectivity index (χ3v) is 6.57. The highest BCUT2D eigenvalue weighted by molar-refractivity contribution is 7.90. The van der Waals surface area contributed by atoms with Crippen LogP contribution in [0.25, 0.3) is 28.0 Å². The van der Waals surface area contributed by atoms with E-state index in [2.05, 4.69) is 20.4 Å². The molecule has 3 aromatic heterocycles. The van der Waals surface area contributed by atoms with E-state index in [0.717, 1.165) is 17.4 Å². The van der Waals surface area contributed by atoms with Gasteiger partial charge in [0.05, 0.1) is 4.90 Å². The van der Waals surface area contributed by atoms with Gasteiger partial charge in [0.2, 0.25) is 0 Å². The van der Waals surface area contributed by atoms with Crippen molar-refractivity contribution in [1.82, 2.24) is 19.6 Å². The van der Waals surface area contributed by atoms with Gasteiger partial charge < -0.3 is 5.32 Å². The third kappa shape index (κ3) is 4.47. The van der Waals surface area contributed by atoms with Crippen molar-refractivity contribution in [2.24, 2.45) is 0 Å². The summed E-state index contributed by atoms with van der Waals surface area (Å²) < 4.78 is 54.2. The van der Waals surface area contributed by atoms with Crippen molar-refractivity contribution >= 4 is 21.2 Å². The highest BCUT2D eigenvalue weighted by Gasteiger charge is 2.18. The zero-order chi connectivity index (χ0) is 24.6. The minimum atomic E-state index is -3.50. The smallest absolute Gasteiger partial charge is 0.183 e. The first-order valence-corrected chi connectivity index (χ1v) is 12.5. The van der Waals surface area contributed by atoms with Crippen LogP contribution in [0.4, 0.5) is 14.6 Å². The van der Waals surface area contributed by atoms with Crippen molar-refractivity contribution in [2.45, 2.75) is 11.4 Å². The molecule has 0 aliphatic rings. The number of anilines is 1. The maximum absolute atomic E-state index is 14.3. The molecule has 0 atom stereocenters. The Bertz CT molecular complexity index is 1630. The number of aromatic nitrogens is 4. The first-order valence-electron chi connectivity index (χ1n) is 10.6. The molecular weight excluding hydrogens is 472 g/mol. The Morgan fingerprint density at radius 2 is 1.69 bits per heavy atom. The minimum Gasteiger partial charge on any atom is -0.364 e. The van der Waals surface area contributed by atoms with E-state index in [0.29, 0.717) is 16.9 Å². The Morgan fingerprint density at radius 1 is 0.943 bits per heavy atom. The normalized spacial score (nSPS) is 11.6. The van der Waals surface area contributed by atoms with Crippen molar-refractivity contribution in [2.75, 3.05) is 11.6 Å². The second kappa shape index (κ2) is 8.88. The number of hydrogen-bond acceptors (Lipinski definition) is 6. The molecule has 0 unspecified atom stereocenters. The molecule has 3 heterocycles. The topological polar surface area (TPSA) is 89.2 Å². The number of hydrogen-bond donors (Lipinski definition) is 1. The summed E-state index contributed by atoms with van der Waals surface area (Å²) in [4.78, 5) is 8.65. The van der Waals surface area contributed by atoms with Gasteiger partial charge in [-0.2, -0.15) is 0 Å². The van der Waals surface area contributed by atoms with Gasteiger partial charge in [-0.1, -0.05) is 36.4 Å². The summed E-state index contributed by atoms with van der Waals surface area (Å²) in [5, 5.41) is 7.59. The monoisotopic (exact) mass is 491 g/mol. The molecule has 5 aromatic rings. The van der Waals surface area contributed by atoms with Crippen LogP contribution in [-0.4, -0.2) is 34.3 Å². The van der Waals surface area contributed by atoms with Crippen molar-refractivity contribution in [3.63, 3.8) is 0 Å². The molecule has 0 aliphatic heterocycles. The minimum absolute atomic E-state index is 0.0270. The van der Waals surface area contributed by atoms with Crippen molar-refractivity contribution in [1.29, 1.82) is 0 Å². The fourth-order valence-corrected chi connectivity index (χ4v) is 4.33. The molecule has 0 fully saturated rings. The van der Waals surface area contributed by atoms with Gasteiger partial charge in [-0.3, -0.25) is 4.98 Å². The Balaban J connectivity index is 1.66. The SMILES string of the molecule is CS(=O)(=O)c1cncc(-c2nc(NCc3c(F)cccc3F)c3c(-c4ccccc4)ccn3n2)c1. The quantitative estimate of drug-likeness (QED) is 0.369. The van der Waals surface area contributed by atoms with E-state index in [-0.39, 0.29) is 22.8 Å². The van der Waals surface area contributed by atoms with Gasteiger partial charge in [0, 0.05) is 48.1 Å². The maximum Gasteiger partial charge on any atom is 0.183 e. The zero-order valence-corrected chi connectivity index (χ0v) is 19.3. The molecular formula is C25H19F2N5O2S. The van der Waals surface area contributed by atoms with Crippen LogP contribution in [0.3, 0.4) is 0 Å². The van der Waals surface area contributed by atoms with E-state index in [4.69, 9.17) is 0 Å². The lowest BCUT2D eigenvalue weighted by Crippen LogP contribution is -2.10. The van der Waals surface area contributed by atoms with E-state index < -0.39 is 21.5 Å². The summed E-state index contributed by atoms with van der Waals surface area (Å²) in [6, 6.07) is 16.6. The molecule has 10 heteroatoms. The number of fused-ring (bicyclic) bond motifs is 1. The van der Waals surface area contributed by atoms with Crippen LogP contribution in [0.1, 0.15) is 5.56 Å². The number of pyridine rings is 1. The molecule has 7 nitrogen and oxygen atoms in total. The van der Waals surface area contributed by atoms with Crippen LogP contribution in [0, 0.1) is 11.6 Å². The number of nitrogens with zero attached hydrogens (tertiary/aromatic N) is 4. The number of benzene rings is 2. The van der Waals surface area contributed by atoms with Crippen LogP contribution in [0.15, 0.2) is 84.1 Å². The molecule has 0 radical (unpaired) electrons. The van der Waals surface area contributed by atoms with Gasteiger partial charge in [-0.05, 0) is 29.8 Å². The summed E-state index contributed by atoms with van der Waals surface area (Å²) in [5.41, 5.74) is 2.58. The van der Waals surface area contributed by atoms with Crippen molar-refractivity contribution in [3.8, 4) is 22.5 Å². The summed E-state index contributed by atoms with van der Waals surface area (Å²) in [7, 11) is -3.50. The Labute approximate surface area is 200 Å². The highest BCUT2D eigenvalue weighted by Crippen LogP contribution is 2.31. The summed E-state index contributed by atoms with van der Waals surface area (Å²) >= 11 is 0. The molecule has 5 rings (SSSR count). The summed E-state index contributed by atoms with van der Waals surface area (Å²) in [6.07, 6.45) is 5.54. The predicted molar refractivity (Wildman–Crippen MR) is 128 cm³/mol. The van der Waals surface area contributed by atoms with Gasteiger partial charge >= 0.3 is 0 Å². The number of halogens is 2. The molecule has 0 bridgehead atoms. The molecule has 0 aliphatic carbocycles. The van der Waals surface area contributed by atoms with Gasteiger partial charge in [0.25, 0.3) is 0 Å². The molecule has 0 spiro atoms. The molecule has 2 aromatic carbocycles. The fourth-order valence-electron chi connectivity index (χ4n) is 3.74. The predicted octanol–water partition coefficient (Wildman–Crippen LogP) is 4.75. The van der Waals surface area contributed by atoms with E-state index >= 15 is 0 Å². The standard InChI is InChI=1S/C25H19F2N5O2S/c1-35(33,34)18-12-17(13-28-14-18)24-30-25(29-15-20-21(26)8-5-9-22(20)27)23-19(10-11-32(23)31-24)16-6-3-2-4-7-16/h2-14H,15H2,1H3,(H,29,30,31). The van der Waals surface area contributed by atoms with Crippen molar-refractivity contribution < 1.29 is 17.2 Å². The average molecular weight is 492 g/mol. The Hall–Kier alpha value is -4.18. The summed E-state index contributed by atoms with van der Waals surface area (Å²) in [6.45, 7) is -0.161. The van der Waals surface area contributed by atoms with Gasteiger partial charge in [0.1, 0.15) is 17.2 Å². The maximum atomic E-state index is 14.3. The lowest BCUT2D eigenvalue weighted by molar-refractivity contribution is 0.560. The largest absolute Gasteiger partial charge is 0.364 e. The first kappa shape index (κ1) is 22.6. The molecule has 0 saturated heterocycles. The Kier molecular flexibility index (Phi) is 5.73. The zero-order valence-electron chi connectivity index (χ0n) is 18.5. The number of nitrogens with one attached hydrogen (secondary N) is 1. The van der Waals surface area contributed by atoms with Gasteiger partial charge in [-0.15, -0.1) is 5.10 Å². The van der Waals surface area contributed by atoms with Crippen LogP contribution in [0.2, 0.25) is 0 Å². The van der Waals surface area contributed by atoms with Crippen LogP contribution in [-0.2, 0) is 16.4 Å². The highest BCUT2D eigenvalue weighted by atomic mass is 32.2. The van der Waals surface area contributed by atoms with Crippen LogP contribution < -0.4 is 5.32 Å². The van der Waals surface area contributed by atoms with E-state index in [1.165, 1.54) is 36.7 Å². The molecule has 0 saturated carbocycles. The van der Waals surface area contributed by atoms with E-state index in [1.807, 2.05) is 36.4 Å². The van der Waals surface area contributed by atoms with Gasteiger partial charge in [-0.25, -0.2) is 26.7 Å². The number of sulfone groups is 1. The fraction of sp³-hybridized carbons (Fsp3) is 0.0800. The van der Waals surface area contributed by atoms with Crippen LogP contribution >= 0.6 is 0 Å². The molecule has 35 heavy (non-hydrogen) atoms. The lowest BCUT2D eigenvalue weighted by atomic mass is 10.1. The molecule has 176 valence electrons. The molecule has 1 N–H and O–H groups in total. The van der Waals surface area contributed by atoms with E-state index in [9.17, 15) is 17.2 Å². The second-order valence-electron chi connectivity index (χ2n) is 7.91. The number of rotatable bonds is 6. The lowest BCUT2D eigenvalue weighted by Gasteiger charge is -2.13. The second-order valence-corrected chi connectivity index (χ2v) is 9.92. The average Bonchev–Trinajstić information content (AvgIpc) is 3.28. The summed E-state index contributed by atoms with van der Waals surface area (Å²) in [5.74, 6) is -0.827. The van der Waals surface area contributed by atoms with Gasteiger partial charge in [0.15, 0.2) is 21.5 Å². The first-order chi connectivity index (χ1) is 16.8. The molecule has 0 amide bonds. The van der Waals surface area contributed by atoms with Crippen molar-refractivity contribution in [3.05, 3.63) is 96.5 Å².